The molecule has 2 aliphatic heterocycles. The van der Waals surface area contributed by atoms with E-state index in [-0.39, 0.29) is 82.6 Å². The molecule has 4 aliphatic rings. The molecule has 1 saturated carbocycles. The Kier molecular flexibility index (Phi) is 17.2. The van der Waals surface area contributed by atoms with Crippen molar-refractivity contribution in [2.24, 2.45) is 22.9 Å². The Labute approximate surface area is 418 Å². The Hall–Kier alpha value is -7.21. The molecular formula is C55H62N4O13. The van der Waals surface area contributed by atoms with Crippen LogP contribution in [0.3, 0.4) is 0 Å². The summed E-state index contributed by atoms with van der Waals surface area (Å²) in [6.45, 7) is 8.27. The lowest BCUT2D eigenvalue weighted by Crippen LogP contribution is -2.70. The van der Waals surface area contributed by atoms with Crippen LogP contribution in [0.15, 0.2) is 133 Å². The number of carbonyl (C=O) groups is 2. The number of hydrogen-bond acceptors (Lipinski definition) is 14. The highest BCUT2D eigenvalue weighted by Gasteiger charge is 2.66. The number of aliphatic hydroxyl groups excluding tert-OH is 2. The van der Waals surface area contributed by atoms with Crippen molar-refractivity contribution in [3.05, 3.63) is 160 Å². The molecular weight excluding hydrogens is 925 g/mol. The van der Waals surface area contributed by atoms with Crippen molar-refractivity contribution in [3.63, 3.8) is 0 Å². The second-order valence-corrected chi connectivity index (χ2v) is 18.2. The Morgan fingerprint density at radius 3 is 2.39 bits per heavy atom. The number of benzene rings is 4. The van der Waals surface area contributed by atoms with Gasteiger partial charge in [0, 0.05) is 56.3 Å². The van der Waals surface area contributed by atoms with Gasteiger partial charge < -0.3 is 48.8 Å². The molecule has 4 aromatic rings. The summed E-state index contributed by atoms with van der Waals surface area (Å²) in [6.07, 6.45) is 8.63. The molecule has 8 rings (SSSR count). The molecule has 6 unspecified atom stereocenters. The van der Waals surface area contributed by atoms with Crippen LogP contribution in [0.4, 0.5) is 15.3 Å². The second-order valence-electron chi connectivity index (χ2n) is 18.2. The molecule has 0 aromatic heterocycles. The number of non-ortho nitro benzene ring substituents is 1. The van der Waals surface area contributed by atoms with Crippen molar-refractivity contribution in [3.8, 4) is 23.0 Å². The van der Waals surface area contributed by atoms with E-state index >= 15 is 0 Å². The van der Waals surface area contributed by atoms with Crippen molar-refractivity contribution in [2.45, 2.75) is 88.8 Å². The van der Waals surface area contributed by atoms with Gasteiger partial charge in [0.25, 0.3) is 5.69 Å². The van der Waals surface area contributed by atoms with Crippen LogP contribution in [-0.2, 0) is 34.0 Å². The fourth-order valence-electron chi connectivity index (χ4n) is 10.4. The third-order valence-corrected chi connectivity index (χ3v) is 13.6. The highest BCUT2D eigenvalue weighted by molar-refractivity contribution is 6.03. The number of aliphatic hydroxyl groups is 2. The SMILES string of the molecule is C=CCCOC(=O)N(Cc1ccc2c(c1)OCO2)C1CC(=NOCc2ccc([N+](=O)[O-])cc2)C2=CC(CCCCO)C(CCCCO)C3c4cc(OC(=O)NCc5ccccc5)ccc4OC1(OCC=C)C23. The number of nitro benzene ring substituents is 1. The molecule has 17 nitrogen and oxygen atoms in total. The van der Waals surface area contributed by atoms with E-state index in [2.05, 4.69) is 24.6 Å². The molecule has 6 atom stereocenters. The van der Waals surface area contributed by atoms with Gasteiger partial charge in [0.2, 0.25) is 12.6 Å². The van der Waals surface area contributed by atoms with Crippen LogP contribution in [0.25, 0.3) is 0 Å². The number of fused-ring (bicyclic) bond motifs is 3. The second kappa shape index (κ2) is 24.3. The average molecular weight is 987 g/mol. The fourth-order valence-corrected chi connectivity index (χ4v) is 10.4. The maximum absolute atomic E-state index is 14.9. The molecule has 0 bridgehead atoms. The minimum atomic E-state index is -1.64. The molecule has 1 fully saturated rings. The zero-order valence-corrected chi connectivity index (χ0v) is 40.2. The number of amides is 2. The molecule has 0 saturated heterocycles. The largest absolute Gasteiger partial charge is 0.459 e. The standard InChI is InChI=1S/C55H62N4O13/c1-3-5-28-66-54(63)58(34-39-19-23-48-49(29-39)68-36-67-48)50-32-46(57-70-35-38-17-20-41(21-18-38)59(64)65)44-30-40(15-9-11-25-60)43(16-10-12-26-61)51-45-31-42(71-53(62)56-33-37-13-7-6-8-14-37)22-24-47(45)72-55(50,52(44)51)69-27-4-2/h3-4,6-8,13-14,17-24,29-31,40,43,50-52,60-61H,1-2,5,9-12,15-16,25-28,32-36H2,(H,56,62). The molecule has 2 heterocycles. The molecule has 0 spiro atoms. The predicted octanol–water partition coefficient (Wildman–Crippen LogP) is 9.66. The fraction of sp³-hybridized carbons (Fsp3) is 0.400. The number of nitrogens with one attached hydrogen (secondary N) is 1. The summed E-state index contributed by atoms with van der Waals surface area (Å²) in [5.74, 6) is -1.12. The maximum Gasteiger partial charge on any atom is 0.412 e. The highest BCUT2D eigenvalue weighted by Crippen LogP contribution is 2.62. The van der Waals surface area contributed by atoms with Crippen molar-refractivity contribution in [1.29, 1.82) is 0 Å². The quantitative estimate of drug-likeness (QED) is 0.0259. The van der Waals surface area contributed by atoms with Gasteiger partial charge in [-0.1, -0.05) is 72.6 Å². The maximum atomic E-state index is 14.9. The molecule has 72 heavy (non-hydrogen) atoms. The summed E-state index contributed by atoms with van der Waals surface area (Å²) < 4.78 is 37.9. The zero-order valence-electron chi connectivity index (χ0n) is 40.2. The summed E-state index contributed by atoms with van der Waals surface area (Å²) in [4.78, 5) is 47.1. The van der Waals surface area contributed by atoms with Gasteiger partial charge in [0.1, 0.15) is 24.1 Å². The third-order valence-electron chi connectivity index (χ3n) is 13.6. The van der Waals surface area contributed by atoms with Crippen LogP contribution in [0, 0.1) is 27.9 Å². The monoisotopic (exact) mass is 986 g/mol. The van der Waals surface area contributed by atoms with E-state index in [1.165, 1.54) is 12.1 Å². The smallest absolute Gasteiger partial charge is 0.412 e. The number of oxime groups is 1. The average Bonchev–Trinajstić information content (AvgIpc) is 3.87. The summed E-state index contributed by atoms with van der Waals surface area (Å²) in [5.41, 5.74) is 4.25. The van der Waals surface area contributed by atoms with Crippen LogP contribution in [0.1, 0.15) is 79.5 Å². The van der Waals surface area contributed by atoms with Gasteiger partial charge in [0.15, 0.2) is 11.5 Å². The van der Waals surface area contributed by atoms with Crippen LogP contribution >= 0.6 is 0 Å². The minimum Gasteiger partial charge on any atom is -0.459 e. The van der Waals surface area contributed by atoms with Crippen molar-refractivity contribution >= 4 is 23.6 Å². The van der Waals surface area contributed by atoms with Gasteiger partial charge in [0.05, 0.1) is 29.8 Å². The van der Waals surface area contributed by atoms with Gasteiger partial charge in [-0.15, -0.1) is 13.2 Å². The predicted molar refractivity (Wildman–Crippen MR) is 266 cm³/mol. The first-order valence-electron chi connectivity index (χ1n) is 24.5. The van der Waals surface area contributed by atoms with Gasteiger partial charge in [-0.3, -0.25) is 15.0 Å². The van der Waals surface area contributed by atoms with Crippen LogP contribution < -0.4 is 24.3 Å². The van der Waals surface area contributed by atoms with Crippen molar-refractivity contribution < 1.29 is 58.0 Å². The van der Waals surface area contributed by atoms with Crippen LogP contribution in [-0.4, -0.2) is 83.0 Å². The van der Waals surface area contributed by atoms with Crippen LogP contribution in [0.2, 0.25) is 0 Å². The normalized spacial score (nSPS) is 21.8. The summed E-state index contributed by atoms with van der Waals surface area (Å²) in [7, 11) is 0. The molecule has 3 N–H and O–H groups in total. The lowest BCUT2D eigenvalue weighted by atomic mass is 9.55. The molecule has 380 valence electrons. The van der Waals surface area contributed by atoms with Crippen molar-refractivity contribution in [1.82, 2.24) is 10.2 Å². The molecule has 2 amide bonds. The molecule has 17 heteroatoms. The highest BCUT2D eigenvalue weighted by atomic mass is 16.7. The number of nitro groups is 1. The Balaban J connectivity index is 1.29. The number of ether oxygens (including phenoxy) is 6. The van der Waals surface area contributed by atoms with Gasteiger partial charge in [-0.2, -0.15) is 0 Å². The molecule has 2 aliphatic carbocycles. The van der Waals surface area contributed by atoms with E-state index < -0.39 is 40.8 Å². The molecule has 4 aromatic carbocycles. The Bertz CT molecular complexity index is 2610. The number of rotatable bonds is 24. The number of allylic oxidation sites excluding steroid dienone is 1. The number of unbranched alkanes of at least 4 members (excludes halogenated alkanes) is 2. The number of hydrogen-bond donors (Lipinski definition) is 3. The first-order valence-corrected chi connectivity index (χ1v) is 24.5. The lowest BCUT2D eigenvalue weighted by molar-refractivity contribution is -0.384. The summed E-state index contributed by atoms with van der Waals surface area (Å²) in [5, 5.41) is 39.2. The number of carbonyl (C=O) groups excluding carboxylic acids is 2. The van der Waals surface area contributed by atoms with E-state index in [1.54, 1.807) is 47.4 Å². The Morgan fingerprint density at radius 2 is 1.64 bits per heavy atom. The number of nitrogens with zero attached hydrogens (tertiary/aromatic N) is 3. The Morgan fingerprint density at radius 1 is 0.889 bits per heavy atom. The molecule has 0 radical (unpaired) electrons. The van der Waals surface area contributed by atoms with Gasteiger partial charge in [-0.05, 0) is 109 Å². The third kappa shape index (κ3) is 11.8. The minimum absolute atomic E-state index is 0.00695. The first-order chi connectivity index (χ1) is 35.2. The topological polar surface area (TPSA) is 210 Å². The zero-order chi connectivity index (χ0) is 50.5. The van der Waals surface area contributed by atoms with E-state index in [0.717, 1.165) is 23.1 Å². The van der Waals surface area contributed by atoms with E-state index in [4.69, 9.17) is 38.4 Å². The van der Waals surface area contributed by atoms with Gasteiger partial charge >= 0.3 is 12.2 Å². The summed E-state index contributed by atoms with van der Waals surface area (Å²) >= 11 is 0. The van der Waals surface area contributed by atoms with Gasteiger partial charge in [-0.25, -0.2) is 9.59 Å². The van der Waals surface area contributed by atoms with Crippen molar-refractivity contribution in [2.75, 3.05) is 33.2 Å². The van der Waals surface area contributed by atoms with E-state index in [0.29, 0.717) is 72.6 Å². The van der Waals surface area contributed by atoms with E-state index in [9.17, 15) is 29.9 Å². The van der Waals surface area contributed by atoms with Crippen LogP contribution in [0.5, 0.6) is 23.0 Å². The first kappa shape index (κ1) is 51.2. The summed E-state index contributed by atoms with van der Waals surface area (Å²) in [6, 6.07) is 25.3. The lowest BCUT2D eigenvalue weighted by Gasteiger charge is -2.59. The van der Waals surface area contributed by atoms with E-state index in [1.807, 2.05) is 48.5 Å².